The van der Waals surface area contributed by atoms with Crippen LogP contribution in [-0.4, -0.2) is 28.3 Å². The van der Waals surface area contributed by atoms with Gasteiger partial charge in [0.25, 0.3) is 0 Å². The lowest BCUT2D eigenvalue weighted by Gasteiger charge is -2.06. The Morgan fingerprint density at radius 3 is 2.65 bits per heavy atom. The van der Waals surface area contributed by atoms with Crippen molar-refractivity contribution in [3.8, 4) is 0 Å². The first-order valence-electron chi connectivity index (χ1n) is 6.57. The summed E-state index contributed by atoms with van der Waals surface area (Å²) in [6.07, 6.45) is 0.880. The van der Waals surface area contributed by atoms with Gasteiger partial charge in [0.2, 0.25) is 5.91 Å². The molecule has 6 nitrogen and oxygen atoms in total. The number of aryl methyl sites for hydroxylation is 2. The van der Waals surface area contributed by atoms with Gasteiger partial charge in [-0.05, 0) is 24.6 Å². The highest BCUT2D eigenvalue weighted by Gasteiger charge is 2.09. The van der Waals surface area contributed by atoms with Crippen LogP contribution in [0.4, 0.5) is 5.69 Å². The van der Waals surface area contributed by atoms with Crippen LogP contribution in [0, 0.1) is 0 Å². The van der Waals surface area contributed by atoms with Crippen molar-refractivity contribution in [2.75, 3.05) is 18.5 Å². The van der Waals surface area contributed by atoms with E-state index in [9.17, 15) is 9.59 Å². The van der Waals surface area contributed by atoms with Gasteiger partial charge in [-0.3, -0.25) is 13.9 Å². The number of hydrogen-bond acceptors (Lipinski definition) is 3. The average Bonchev–Trinajstić information content (AvgIpc) is 2.64. The highest BCUT2D eigenvalue weighted by molar-refractivity contribution is 5.93. The van der Waals surface area contributed by atoms with Crippen molar-refractivity contribution in [2.24, 2.45) is 14.1 Å². The monoisotopic (exact) mass is 277 g/mol. The van der Waals surface area contributed by atoms with Crippen LogP contribution < -0.4 is 11.0 Å². The number of carbonyl (C=O) groups excluding carboxylic acids is 1. The molecule has 0 unspecified atom stereocenters. The Labute approximate surface area is 117 Å². The average molecular weight is 277 g/mol. The molecule has 1 amide bonds. The van der Waals surface area contributed by atoms with E-state index >= 15 is 0 Å². The first kappa shape index (κ1) is 14.3. The minimum Gasteiger partial charge on any atom is -0.372 e. The molecule has 0 bridgehead atoms. The largest absolute Gasteiger partial charge is 0.372 e. The molecule has 20 heavy (non-hydrogen) atoms. The summed E-state index contributed by atoms with van der Waals surface area (Å²) in [6, 6.07) is 5.38. The van der Waals surface area contributed by atoms with Crippen molar-refractivity contribution >= 4 is 22.6 Å². The van der Waals surface area contributed by atoms with E-state index in [0.29, 0.717) is 12.3 Å². The maximum Gasteiger partial charge on any atom is 0.328 e. The highest BCUT2D eigenvalue weighted by atomic mass is 16.5. The van der Waals surface area contributed by atoms with Gasteiger partial charge in [-0.1, -0.05) is 6.92 Å². The third-order valence-electron chi connectivity index (χ3n) is 3.14. The molecule has 0 saturated heterocycles. The maximum absolute atomic E-state index is 11.8. The number of carbonyl (C=O) groups is 1. The van der Waals surface area contributed by atoms with Gasteiger partial charge in [0.15, 0.2) is 0 Å². The molecule has 0 spiro atoms. The molecule has 0 saturated carbocycles. The maximum atomic E-state index is 11.8. The number of fused-ring (bicyclic) bond motifs is 1. The third-order valence-corrected chi connectivity index (χ3v) is 3.14. The zero-order valence-electron chi connectivity index (χ0n) is 12.0. The lowest BCUT2D eigenvalue weighted by Crippen LogP contribution is -2.19. The molecule has 2 rings (SSSR count). The SMILES string of the molecule is CCCOCC(=O)Nc1ccc2c(c1)n(C)c(=O)n2C. The van der Waals surface area contributed by atoms with E-state index in [1.54, 1.807) is 35.4 Å². The molecule has 1 aromatic carbocycles. The van der Waals surface area contributed by atoms with E-state index in [1.807, 2.05) is 13.0 Å². The second-order valence-corrected chi connectivity index (χ2v) is 4.70. The van der Waals surface area contributed by atoms with Crippen LogP contribution in [0.15, 0.2) is 23.0 Å². The van der Waals surface area contributed by atoms with Crippen molar-refractivity contribution < 1.29 is 9.53 Å². The summed E-state index contributed by atoms with van der Waals surface area (Å²) >= 11 is 0. The standard InChI is InChI=1S/C14H19N3O3/c1-4-7-20-9-13(18)15-10-5-6-11-12(8-10)17(3)14(19)16(11)2/h5-6,8H,4,7,9H2,1-3H3,(H,15,18). The van der Waals surface area contributed by atoms with E-state index in [4.69, 9.17) is 4.74 Å². The number of amides is 1. The molecule has 108 valence electrons. The molecule has 0 aliphatic rings. The van der Waals surface area contributed by atoms with Crippen LogP contribution in [0.2, 0.25) is 0 Å². The topological polar surface area (TPSA) is 65.3 Å². The van der Waals surface area contributed by atoms with E-state index in [0.717, 1.165) is 17.5 Å². The number of hydrogen-bond donors (Lipinski definition) is 1. The summed E-state index contributed by atoms with van der Waals surface area (Å²) in [6.45, 7) is 2.60. The number of ether oxygens (including phenoxy) is 1. The smallest absolute Gasteiger partial charge is 0.328 e. The summed E-state index contributed by atoms with van der Waals surface area (Å²) in [5.41, 5.74) is 2.18. The number of imidazole rings is 1. The van der Waals surface area contributed by atoms with E-state index in [1.165, 1.54) is 0 Å². The molecular formula is C14H19N3O3. The van der Waals surface area contributed by atoms with Crippen LogP contribution in [0.5, 0.6) is 0 Å². The summed E-state index contributed by atoms with van der Waals surface area (Å²) in [4.78, 5) is 23.5. The van der Waals surface area contributed by atoms with Gasteiger partial charge in [-0.2, -0.15) is 0 Å². The summed E-state index contributed by atoms with van der Waals surface area (Å²) in [7, 11) is 3.43. The molecule has 1 N–H and O–H groups in total. The molecule has 0 aliphatic heterocycles. The minimum absolute atomic E-state index is 0.0413. The molecule has 0 aliphatic carbocycles. The van der Waals surface area contributed by atoms with Gasteiger partial charge in [-0.15, -0.1) is 0 Å². The van der Waals surface area contributed by atoms with E-state index in [2.05, 4.69) is 5.32 Å². The van der Waals surface area contributed by atoms with Crippen molar-refractivity contribution in [1.29, 1.82) is 0 Å². The number of nitrogens with one attached hydrogen (secondary N) is 1. The number of nitrogens with zero attached hydrogens (tertiary/aromatic N) is 2. The fourth-order valence-electron chi connectivity index (χ4n) is 2.09. The van der Waals surface area contributed by atoms with Crippen LogP contribution in [0.3, 0.4) is 0 Å². The van der Waals surface area contributed by atoms with Gasteiger partial charge in [0.1, 0.15) is 6.61 Å². The quantitative estimate of drug-likeness (QED) is 0.836. The Hall–Kier alpha value is -2.08. The predicted octanol–water partition coefficient (Wildman–Crippen LogP) is 1.24. The van der Waals surface area contributed by atoms with Crippen LogP contribution in [0.25, 0.3) is 11.0 Å². The molecular weight excluding hydrogens is 258 g/mol. The van der Waals surface area contributed by atoms with E-state index < -0.39 is 0 Å². The lowest BCUT2D eigenvalue weighted by molar-refractivity contribution is -0.120. The number of aromatic nitrogens is 2. The summed E-state index contributed by atoms with van der Waals surface area (Å²) in [5.74, 6) is -0.196. The Morgan fingerprint density at radius 1 is 1.25 bits per heavy atom. The Morgan fingerprint density at radius 2 is 1.95 bits per heavy atom. The molecule has 6 heteroatoms. The molecule has 0 radical (unpaired) electrons. The van der Waals surface area contributed by atoms with Crippen molar-refractivity contribution in [3.63, 3.8) is 0 Å². The van der Waals surface area contributed by atoms with Crippen LogP contribution in [0.1, 0.15) is 13.3 Å². The predicted molar refractivity (Wildman–Crippen MR) is 77.9 cm³/mol. The molecule has 1 heterocycles. The lowest BCUT2D eigenvalue weighted by atomic mass is 10.2. The Kier molecular flexibility index (Phi) is 4.24. The normalized spacial score (nSPS) is 10.9. The summed E-state index contributed by atoms with van der Waals surface area (Å²) < 4.78 is 8.31. The number of anilines is 1. The van der Waals surface area contributed by atoms with Crippen LogP contribution >= 0.6 is 0 Å². The summed E-state index contributed by atoms with van der Waals surface area (Å²) in [5, 5.41) is 2.76. The molecule has 0 fully saturated rings. The van der Waals surface area contributed by atoms with Crippen LogP contribution in [-0.2, 0) is 23.6 Å². The zero-order chi connectivity index (χ0) is 14.7. The first-order valence-corrected chi connectivity index (χ1v) is 6.57. The highest BCUT2D eigenvalue weighted by Crippen LogP contribution is 2.17. The van der Waals surface area contributed by atoms with Gasteiger partial charge in [0.05, 0.1) is 11.0 Å². The van der Waals surface area contributed by atoms with Gasteiger partial charge >= 0.3 is 5.69 Å². The van der Waals surface area contributed by atoms with Crippen molar-refractivity contribution in [3.05, 3.63) is 28.7 Å². The minimum atomic E-state index is -0.196. The fourth-order valence-corrected chi connectivity index (χ4v) is 2.09. The van der Waals surface area contributed by atoms with Gasteiger partial charge in [-0.25, -0.2) is 4.79 Å². The van der Waals surface area contributed by atoms with Crippen molar-refractivity contribution in [1.82, 2.24) is 9.13 Å². The second kappa shape index (κ2) is 5.92. The van der Waals surface area contributed by atoms with Crippen molar-refractivity contribution in [2.45, 2.75) is 13.3 Å². The Balaban J connectivity index is 2.18. The zero-order valence-corrected chi connectivity index (χ0v) is 12.0. The number of benzene rings is 1. The van der Waals surface area contributed by atoms with E-state index in [-0.39, 0.29) is 18.2 Å². The number of rotatable bonds is 5. The second-order valence-electron chi connectivity index (χ2n) is 4.70. The molecule has 0 atom stereocenters. The van der Waals surface area contributed by atoms with Gasteiger partial charge in [0, 0.05) is 26.4 Å². The van der Waals surface area contributed by atoms with Gasteiger partial charge < -0.3 is 10.1 Å². The molecule has 2 aromatic rings. The molecule has 1 aromatic heterocycles. The Bertz CT molecular complexity index is 685. The first-order chi connectivity index (χ1) is 9.54. The third kappa shape index (κ3) is 2.75. The fraction of sp³-hybridized carbons (Fsp3) is 0.429.